The van der Waals surface area contributed by atoms with E-state index in [9.17, 15) is 4.79 Å². The highest BCUT2D eigenvalue weighted by Gasteiger charge is 2.19. The van der Waals surface area contributed by atoms with Crippen molar-refractivity contribution in [1.82, 2.24) is 10.6 Å². The number of hydrogen-bond donors (Lipinski definition) is 2. The number of hydrogen-bond acceptors (Lipinski definition) is 3. The molecule has 1 aliphatic heterocycles. The number of amides is 1. The van der Waals surface area contributed by atoms with Crippen LogP contribution in [0.1, 0.15) is 12.7 Å². The Labute approximate surface area is 98.0 Å². The van der Waals surface area contributed by atoms with E-state index in [1.165, 1.54) is 0 Å². The maximum Gasteiger partial charge on any atom is 0.273 e. The lowest BCUT2D eigenvalue weighted by Gasteiger charge is -1.95. The Morgan fingerprint density at radius 2 is 2.31 bits per heavy atom. The van der Waals surface area contributed by atoms with Gasteiger partial charge in [0.25, 0.3) is 5.91 Å². The molecule has 1 fully saturated rings. The van der Waals surface area contributed by atoms with Crippen molar-refractivity contribution < 1.29 is 9.21 Å². The van der Waals surface area contributed by atoms with Crippen molar-refractivity contribution in [3.63, 3.8) is 0 Å². The number of allylic oxidation sites excluding steroid dienone is 2. The largest absolute Gasteiger partial charge is 0.465 e. The molecule has 1 aliphatic rings. The van der Waals surface area contributed by atoms with E-state index in [1.807, 2.05) is 25.1 Å². The van der Waals surface area contributed by atoms with E-state index in [1.54, 1.807) is 12.3 Å². The average molecular weight is 234 g/mol. The molecule has 2 heterocycles. The van der Waals surface area contributed by atoms with Crippen LogP contribution in [-0.4, -0.2) is 11.0 Å². The van der Waals surface area contributed by atoms with Gasteiger partial charge in [-0.25, -0.2) is 0 Å². The first-order valence-corrected chi connectivity index (χ1v) is 5.12. The molecular formula is C11H10N2O2S. The van der Waals surface area contributed by atoms with Crippen LogP contribution in [0.15, 0.2) is 40.2 Å². The predicted octanol–water partition coefficient (Wildman–Crippen LogP) is 1.57. The predicted molar refractivity (Wildman–Crippen MR) is 64.3 cm³/mol. The Balaban J connectivity index is 2.18. The van der Waals surface area contributed by atoms with E-state index in [0.717, 1.165) is 11.3 Å². The molecule has 0 spiro atoms. The lowest BCUT2D eigenvalue weighted by atomic mass is 10.2. The smallest absolute Gasteiger partial charge is 0.273 e. The van der Waals surface area contributed by atoms with Gasteiger partial charge in [-0.2, -0.15) is 0 Å². The van der Waals surface area contributed by atoms with Crippen molar-refractivity contribution in [3.05, 3.63) is 41.5 Å². The second-order valence-corrected chi connectivity index (χ2v) is 3.78. The first-order valence-electron chi connectivity index (χ1n) is 4.71. The number of thiocarbonyl (C=S) groups is 1. The second-order valence-electron chi connectivity index (χ2n) is 3.37. The Morgan fingerprint density at radius 3 is 2.88 bits per heavy atom. The van der Waals surface area contributed by atoms with E-state index >= 15 is 0 Å². The monoisotopic (exact) mass is 234 g/mol. The first-order chi connectivity index (χ1) is 7.65. The molecule has 0 bridgehead atoms. The van der Waals surface area contributed by atoms with Crippen molar-refractivity contribution >= 4 is 29.3 Å². The van der Waals surface area contributed by atoms with E-state index in [4.69, 9.17) is 16.6 Å². The Morgan fingerprint density at radius 1 is 1.50 bits per heavy atom. The van der Waals surface area contributed by atoms with Gasteiger partial charge in [0, 0.05) is 0 Å². The SMILES string of the molecule is CC(=C\c1ccco1)/C=C1/NC(=S)NC1=O. The number of carbonyl (C=O) groups is 1. The summed E-state index contributed by atoms with van der Waals surface area (Å²) in [7, 11) is 0. The fourth-order valence-corrected chi connectivity index (χ4v) is 1.55. The Hall–Kier alpha value is -1.88. The summed E-state index contributed by atoms with van der Waals surface area (Å²) in [6.45, 7) is 1.88. The van der Waals surface area contributed by atoms with Crippen molar-refractivity contribution in [2.24, 2.45) is 0 Å². The van der Waals surface area contributed by atoms with Crippen LogP contribution in [0.2, 0.25) is 0 Å². The van der Waals surface area contributed by atoms with Crippen LogP contribution in [0.4, 0.5) is 0 Å². The quantitative estimate of drug-likeness (QED) is 0.602. The number of nitrogens with one attached hydrogen (secondary N) is 2. The van der Waals surface area contributed by atoms with Crippen molar-refractivity contribution in [1.29, 1.82) is 0 Å². The molecule has 1 aromatic heterocycles. The van der Waals surface area contributed by atoms with Crippen molar-refractivity contribution in [3.8, 4) is 0 Å². The topological polar surface area (TPSA) is 54.3 Å². The van der Waals surface area contributed by atoms with Gasteiger partial charge < -0.3 is 9.73 Å². The molecule has 1 amide bonds. The van der Waals surface area contributed by atoms with Gasteiger partial charge in [-0.15, -0.1) is 0 Å². The normalized spacial score (nSPS) is 18.8. The number of carbonyl (C=O) groups excluding carboxylic acids is 1. The van der Waals surface area contributed by atoms with Gasteiger partial charge in [-0.1, -0.05) is 0 Å². The van der Waals surface area contributed by atoms with Crippen LogP contribution in [-0.2, 0) is 4.79 Å². The minimum absolute atomic E-state index is 0.211. The molecule has 16 heavy (non-hydrogen) atoms. The molecule has 0 saturated carbocycles. The minimum atomic E-state index is -0.211. The lowest BCUT2D eigenvalue weighted by molar-refractivity contribution is -0.115. The molecule has 4 nitrogen and oxygen atoms in total. The van der Waals surface area contributed by atoms with Crippen LogP contribution >= 0.6 is 12.2 Å². The second kappa shape index (κ2) is 4.32. The standard InChI is InChI=1S/C11H10N2O2S/c1-7(5-8-3-2-4-15-8)6-9-10(14)13-11(16)12-9/h2-6H,1H3,(H2,12,13,14,16)/b7-5+,9-6+. The third-order valence-electron chi connectivity index (χ3n) is 2.01. The van der Waals surface area contributed by atoms with Crippen LogP contribution < -0.4 is 10.6 Å². The van der Waals surface area contributed by atoms with Gasteiger partial charge in [0.2, 0.25) is 0 Å². The number of rotatable bonds is 2. The maximum atomic E-state index is 11.3. The summed E-state index contributed by atoms with van der Waals surface area (Å²) >= 11 is 4.82. The van der Waals surface area contributed by atoms with Crippen LogP contribution in [0, 0.1) is 0 Å². The van der Waals surface area contributed by atoms with Crippen molar-refractivity contribution in [2.75, 3.05) is 0 Å². The molecule has 0 aliphatic carbocycles. The average Bonchev–Trinajstić information content (AvgIpc) is 2.78. The highest BCUT2D eigenvalue weighted by atomic mass is 32.1. The molecule has 0 unspecified atom stereocenters. The third-order valence-corrected chi connectivity index (χ3v) is 2.21. The Kier molecular flexibility index (Phi) is 2.87. The zero-order chi connectivity index (χ0) is 11.5. The Bertz CT molecular complexity index is 486. The molecule has 2 rings (SSSR count). The summed E-state index contributed by atoms with van der Waals surface area (Å²) in [6, 6.07) is 3.65. The van der Waals surface area contributed by atoms with E-state index in [0.29, 0.717) is 10.8 Å². The summed E-state index contributed by atoms with van der Waals surface area (Å²) < 4.78 is 5.16. The molecule has 0 aromatic carbocycles. The summed E-state index contributed by atoms with van der Waals surface area (Å²) in [6.07, 6.45) is 5.16. The summed E-state index contributed by atoms with van der Waals surface area (Å²) in [5.74, 6) is 0.535. The molecule has 2 N–H and O–H groups in total. The zero-order valence-electron chi connectivity index (χ0n) is 8.61. The molecule has 0 atom stereocenters. The third kappa shape index (κ3) is 2.38. The van der Waals surface area contributed by atoms with Gasteiger partial charge in [-0.05, 0) is 49.0 Å². The molecular weight excluding hydrogens is 224 g/mol. The summed E-state index contributed by atoms with van der Waals surface area (Å²) in [5, 5.41) is 5.60. The van der Waals surface area contributed by atoms with Gasteiger partial charge in [0.15, 0.2) is 5.11 Å². The maximum absolute atomic E-state index is 11.3. The summed E-state index contributed by atoms with van der Waals surface area (Å²) in [5.41, 5.74) is 1.35. The molecule has 1 saturated heterocycles. The first kappa shape index (κ1) is 10.6. The fourth-order valence-electron chi connectivity index (χ4n) is 1.35. The summed E-state index contributed by atoms with van der Waals surface area (Å²) in [4.78, 5) is 11.3. The van der Waals surface area contributed by atoms with E-state index < -0.39 is 0 Å². The van der Waals surface area contributed by atoms with Crippen LogP contribution in [0.3, 0.4) is 0 Å². The molecule has 1 aromatic rings. The van der Waals surface area contributed by atoms with Gasteiger partial charge in [-0.3, -0.25) is 10.1 Å². The van der Waals surface area contributed by atoms with Gasteiger partial charge >= 0.3 is 0 Å². The number of furan rings is 1. The molecule has 0 radical (unpaired) electrons. The highest BCUT2D eigenvalue weighted by Crippen LogP contribution is 2.10. The lowest BCUT2D eigenvalue weighted by Crippen LogP contribution is -2.21. The van der Waals surface area contributed by atoms with Gasteiger partial charge in [0.1, 0.15) is 11.5 Å². The van der Waals surface area contributed by atoms with Crippen LogP contribution in [0.25, 0.3) is 6.08 Å². The minimum Gasteiger partial charge on any atom is -0.465 e. The van der Waals surface area contributed by atoms with Crippen LogP contribution in [0.5, 0.6) is 0 Å². The van der Waals surface area contributed by atoms with Crippen molar-refractivity contribution in [2.45, 2.75) is 6.92 Å². The van der Waals surface area contributed by atoms with Gasteiger partial charge in [0.05, 0.1) is 6.26 Å². The fraction of sp³-hybridized carbons (Fsp3) is 0.0909. The zero-order valence-corrected chi connectivity index (χ0v) is 9.43. The van der Waals surface area contributed by atoms with E-state index in [2.05, 4.69) is 10.6 Å². The molecule has 82 valence electrons. The molecule has 5 heteroatoms. The highest BCUT2D eigenvalue weighted by molar-refractivity contribution is 7.80. The van der Waals surface area contributed by atoms with E-state index in [-0.39, 0.29) is 5.91 Å².